The molecule has 3 rings (SSSR count). The maximum atomic E-state index is 12.9. The van der Waals surface area contributed by atoms with Crippen molar-refractivity contribution in [2.45, 2.75) is 19.8 Å². The van der Waals surface area contributed by atoms with Crippen LogP contribution in [-0.4, -0.2) is 41.3 Å². The van der Waals surface area contributed by atoms with Gasteiger partial charge in [0, 0.05) is 36.2 Å². The van der Waals surface area contributed by atoms with E-state index in [1.165, 1.54) is 11.3 Å². The van der Waals surface area contributed by atoms with Gasteiger partial charge in [0.2, 0.25) is 5.91 Å². The van der Waals surface area contributed by atoms with Crippen molar-refractivity contribution in [3.05, 3.63) is 45.2 Å². The minimum Gasteiger partial charge on any atom is -0.338 e. The minimum absolute atomic E-state index is 0.0576. The fraction of sp³-hybridized carbons (Fsp3) is 0.389. The quantitative estimate of drug-likeness (QED) is 0.753. The molecule has 2 aromatic heterocycles. The van der Waals surface area contributed by atoms with E-state index in [0.29, 0.717) is 38.3 Å². The summed E-state index contributed by atoms with van der Waals surface area (Å²) in [5, 5.41) is 1.91. The lowest BCUT2D eigenvalue weighted by Gasteiger charge is -2.33. The smallest absolute Gasteiger partial charge is 0.263 e. The van der Waals surface area contributed by atoms with E-state index in [1.807, 2.05) is 41.5 Å². The number of carbonyl (C=O) groups is 2. The van der Waals surface area contributed by atoms with Crippen molar-refractivity contribution < 1.29 is 9.59 Å². The van der Waals surface area contributed by atoms with Gasteiger partial charge in [-0.3, -0.25) is 14.5 Å². The van der Waals surface area contributed by atoms with Crippen LogP contribution >= 0.6 is 27.3 Å². The number of hydrogen-bond acceptors (Lipinski definition) is 4. The molecule has 0 atom stereocenters. The molecule has 1 aliphatic rings. The lowest BCUT2D eigenvalue weighted by molar-refractivity contribution is -0.123. The molecule has 1 saturated heterocycles. The van der Waals surface area contributed by atoms with E-state index in [9.17, 15) is 9.59 Å². The number of carbonyl (C=O) groups excluding carboxylic acids is 2. The van der Waals surface area contributed by atoms with Crippen LogP contribution in [-0.2, 0) is 4.79 Å². The molecule has 25 heavy (non-hydrogen) atoms. The molecule has 1 fully saturated rings. The van der Waals surface area contributed by atoms with Crippen LogP contribution in [0.5, 0.6) is 0 Å². The highest BCUT2D eigenvalue weighted by atomic mass is 79.9. The van der Waals surface area contributed by atoms with Crippen LogP contribution in [0.3, 0.4) is 0 Å². The Bertz CT molecular complexity index is 725. The van der Waals surface area contributed by atoms with Crippen LogP contribution in [0.4, 0.5) is 5.82 Å². The number of likely N-dealkylation sites (tertiary alicyclic amines) is 1. The van der Waals surface area contributed by atoms with E-state index >= 15 is 0 Å². The summed E-state index contributed by atoms with van der Waals surface area (Å²) < 4.78 is 0.889. The summed E-state index contributed by atoms with van der Waals surface area (Å²) >= 11 is 4.82. The second-order valence-electron chi connectivity index (χ2n) is 5.96. The van der Waals surface area contributed by atoms with E-state index < -0.39 is 0 Å². The second kappa shape index (κ2) is 8.10. The zero-order valence-electron chi connectivity index (χ0n) is 14.0. The average molecular weight is 422 g/mol. The Morgan fingerprint density at radius 3 is 2.64 bits per heavy atom. The standard InChI is InChI=1S/C18H20BrN3O2S/c1-2-22(16-6-5-14(19)12-20-16)17(23)13-7-9-21(10-8-13)18(24)15-4-3-11-25-15/h3-6,11-13H,2,7-10H2,1H3. The van der Waals surface area contributed by atoms with Gasteiger partial charge in [0.25, 0.3) is 5.91 Å². The Labute approximate surface area is 159 Å². The van der Waals surface area contributed by atoms with Gasteiger partial charge in [-0.1, -0.05) is 6.07 Å². The van der Waals surface area contributed by atoms with E-state index in [4.69, 9.17) is 0 Å². The number of anilines is 1. The number of amides is 2. The van der Waals surface area contributed by atoms with E-state index in [2.05, 4.69) is 20.9 Å². The van der Waals surface area contributed by atoms with Gasteiger partial charge in [-0.05, 0) is 59.3 Å². The molecule has 0 aromatic carbocycles. The topological polar surface area (TPSA) is 53.5 Å². The SMILES string of the molecule is CCN(C(=O)C1CCN(C(=O)c2cccs2)CC1)c1ccc(Br)cn1. The molecule has 0 N–H and O–H groups in total. The summed E-state index contributed by atoms with van der Waals surface area (Å²) in [6, 6.07) is 7.47. The Morgan fingerprint density at radius 2 is 2.08 bits per heavy atom. The van der Waals surface area contributed by atoms with Gasteiger partial charge in [-0.2, -0.15) is 0 Å². The molecule has 0 saturated carbocycles. The largest absolute Gasteiger partial charge is 0.338 e. The number of piperidine rings is 1. The zero-order chi connectivity index (χ0) is 17.8. The van der Waals surface area contributed by atoms with E-state index in [-0.39, 0.29) is 17.7 Å². The lowest BCUT2D eigenvalue weighted by Crippen LogP contribution is -2.44. The number of rotatable bonds is 4. The molecule has 0 radical (unpaired) electrons. The number of nitrogens with zero attached hydrogens (tertiary/aromatic N) is 3. The third-order valence-corrected chi connectivity index (χ3v) is 5.76. The van der Waals surface area contributed by atoms with Crippen molar-refractivity contribution in [1.29, 1.82) is 0 Å². The molecule has 7 heteroatoms. The van der Waals surface area contributed by atoms with Crippen molar-refractivity contribution in [3.8, 4) is 0 Å². The van der Waals surface area contributed by atoms with Crippen LogP contribution < -0.4 is 4.90 Å². The first kappa shape index (κ1) is 18.1. The molecular weight excluding hydrogens is 402 g/mol. The molecule has 2 amide bonds. The van der Waals surface area contributed by atoms with Crippen molar-refractivity contribution >= 4 is 44.9 Å². The van der Waals surface area contributed by atoms with Crippen molar-refractivity contribution in [1.82, 2.24) is 9.88 Å². The normalized spacial score (nSPS) is 15.2. The molecule has 132 valence electrons. The van der Waals surface area contributed by atoms with Gasteiger partial charge in [-0.15, -0.1) is 11.3 Å². The molecule has 0 bridgehead atoms. The fourth-order valence-corrected chi connectivity index (χ4v) is 3.99. The number of halogens is 1. The molecular formula is C18H20BrN3O2S. The first-order valence-corrected chi connectivity index (χ1v) is 10.0. The van der Waals surface area contributed by atoms with E-state index in [1.54, 1.807) is 11.1 Å². The highest BCUT2D eigenvalue weighted by molar-refractivity contribution is 9.10. The highest BCUT2D eigenvalue weighted by Crippen LogP contribution is 2.24. The number of hydrogen-bond donors (Lipinski definition) is 0. The third-order valence-electron chi connectivity index (χ3n) is 4.43. The monoisotopic (exact) mass is 421 g/mol. The first-order chi connectivity index (χ1) is 12.1. The average Bonchev–Trinajstić information content (AvgIpc) is 3.18. The van der Waals surface area contributed by atoms with Gasteiger partial charge >= 0.3 is 0 Å². The predicted octanol–water partition coefficient (Wildman–Crippen LogP) is 3.81. The van der Waals surface area contributed by atoms with Crippen molar-refractivity contribution in [2.24, 2.45) is 5.92 Å². The molecule has 0 spiro atoms. The van der Waals surface area contributed by atoms with Crippen LogP contribution in [0.25, 0.3) is 0 Å². The summed E-state index contributed by atoms with van der Waals surface area (Å²) in [4.78, 5) is 34.0. The van der Waals surface area contributed by atoms with Gasteiger partial charge in [0.15, 0.2) is 0 Å². The maximum Gasteiger partial charge on any atom is 0.263 e. The Hall–Kier alpha value is -1.73. The van der Waals surface area contributed by atoms with Crippen molar-refractivity contribution in [2.75, 3.05) is 24.5 Å². The summed E-state index contributed by atoms with van der Waals surface area (Å²) in [6.45, 7) is 3.79. The number of pyridine rings is 1. The molecule has 0 aliphatic carbocycles. The van der Waals surface area contributed by atoms with Crippen LogP contribution in [0.2, 0.25) is 0 Å². The Kier molecular flexibility index (Phi) is 5.86. The molecule has 5 nitrogen and oxygen atoms in total. The highest BCUT2D eigenvalue weighted by Gasteiger charge is 2.31. The van der Waals surface area contributed by atoms with Crippen LogP contribution in [0.15, 0.2) is 40.3 Å². The van der Waals surface area contributed by atoms with Crippen molar-refractivity contribution in [3.63, 3.8) is 0 Å². The van der Waals surface area contributed by atoms with Gasteiger partial charge in [-0.25, -0.2) is 4.98 Å². The van der Waals surface area contributed by atoms with E-state index in [0.717, 1.165) is 9.35 Å². The lowest BCUT2D eigenvalue weighted by atomic mass is 9.95. The summed E-state index contributed by atoms with van der Waals surface area (Å²) in [5.74, 6) is 0.786. The number of aromatic nitrogens is 1. The zero-order valence-corrected chi connectivity index (χ0v) is 16.4. The molecule has 3 heterocycles. The molecule has 2 aromatic rings. The first-order valence-electron chi connectivity index (χ1n) is 8.36. The van der Waals surface area contributed by atoms with Gasteiger partial charge < -0.3 is 4.90 Å². The molecule has 1 aliphatic heterocycles. The predicted molar refractivity (Wildman–Crippen MR) is 103 cm³/mol. The number of thiophene rings is 1. The summed E-state index contributed by atoms with van der Waals surface area (Å²) in [5.41, 5.74) is 0. The fourth-order valence-electron chi connectivity index (χ4n) is 3.06. The van der Waals surface area contributed by atoms with Crippen LogP contribution in [0.1, 0.15) is 29.4 Å². The van der Waals surface area contributed by atoms with Gasteiger partial charge in [0.1, 0.15) is 5.82 Å². The molecule has 0 unspecified atom stereocenters. The Balaban J connectivity index is 1.62. The second-order valence-corrected chi connectivity index (χ2v) is 7.82. The maximum absolute atomic E-state index is 12.9. The third kappa shape index (κ3) is 4.10. The minimum atomic E-state index is -0.0576. The summed E-state index contributed by atoms with van der Waals surface area (Å²) in [6.07, 6.45) is 3.10. The van der Waals surface area contributed by atoms with Crippen LogP contribution in [0, 0.1) is 5.92 Å². The van der Waals surface area contributed by atoms with Gasteiger partial charge in [0.05, 0.1) is 4.88 Å². The summed E-state index contributed by atoms with van der Waals surface area (Å²) in [7, 11) is 0. The Morgan fingerprint density at radius 1 is 1.32 bits per heavy atom.